The molecule has 3 N–H and O–H groups in total. The summed E-state index contributed by atoms with van der Waals surface area (Å²) >= 11 is 5.04. The van der Waals surface area contributed by atoms with Crippen molar-refractivity contribution in [3.63, 3.8) is 0 Å². The Morgan fingerprint density at radius 2 is 1.77 bits per heavy atom. The molecule has 0 atom stereocenters. The van der Waals surface area contributed by atoms with E-state index in [1.165, 1.54) is 11.1 Å². The van der Waals surface area contributed by atoms with Crippen LogP contribution in [-0.4, -0.2) is 9.97 Å². The Bertz CT molecular complexity index is 1090. The minimum atomic E-state index is 0.520. The number of aromatic nitrogens is 2. The molecule has 2 aromatic carbocycles. The number of rotatable bonds is 8. The van der Waals surface area contributed by atoms with Crippen LogP contribution in [0.1, 0.15) is 36.6 Å². The van der Waals surface area contributed by atoms with E-state index in [1.54, 1.807) is 22.7 Å². The number of hydrogen-bond acceptors (Lipinski definition) is 7. The van der Waals surface area contributed by atoms with Crippen LogP contribution in [0.2, 0.25) is 0 Å². The first-order valence-electron chi connectivity index (χ1n) is 9.78. The van der Waals surface area contributed by atoms with E-state index in [0.717, 1.165) is 37.9 Å². The zero-order valence-electron chi connectivity index (χ0n) is 17.0. The summed E-state index contributed by atoms with van der Waals surface area (Å²) in [6.07, 6.45) is 0. The molecule has 0 spiro atoms. The molecule has 0 unspecified atom stereocenters. The highest BCUT2D eigenvalue weighted by Gasteiger charge is 2.15. The lowest BCUT2D eigenvalue weighted by Gasteiger charge is -2.07. The molecule has 0 radical (unpaired) electrons. The highest BCUT2D eigenvalue weighted by atomic mass is 32.2. The zero-order chi connectivity index (χ0) is 20.9. The maximum Gasteiger partial charge on any atom is 0.189 e. The molecular weight excluding hydrogens is 428 g/mol. The van der Waals surface area contributed by atoms with Crippen molar-refractivity contribution in [1.29, 1.82) is 0 Å². The van der Waals surface area contributed by atoms with E-state index in [4.69, 9.17) is 10.7 Å². The van der Waals surface area contributed by atoms with Gasteiger partial charge in [0.05, 0.1) is 5.69 Å². The third-order valence-corrected chi connectivity index (χ3v) is 7.66. The molecule has 0 saturated carbocycles. The molecule has 154 valence electrons. The van der Waals surface area contributed by atoms with E-state index < -0.39 is 0 Å². The van der Waals surface area contributed by atoms with Gasteiger partial charge >= 0.3 is 0 Å². The maximum absolute atomic E-state index is 6.20. The smallest absolute Gasteiger partial charge is 0.189 e. The summed E-state index contributed by atoms with van der Waals surface area (Å²) in [5.41, 5.74) is 10.9. The van der Waals surface area contributed by atoms with Crippen LogP contribution in [0.5, 0.6) is 0 Å². The van der Waals surface area contributed by atoms with Gasteiger partial charge in [0.25, 0.3) is 0 Å². The number of thioether (sulfide) groups is 1. The Balaban J connectivity index is 1.39. The van der Waals surface area contributed by atoms with Gasteiger partial charge in [-0.25, -0.2) is 9.97 Å². The largest absolute Gasteiger partial charge is 0.382 e. The predicted molar refractivity (Wildman–Crippen MR) is 133 cm³/mol. The third kappa shape index (κ3) is 5.22. The molecule has 7 heteroatoms. The molecule has 4 rings (SSSR count). The first kappa shape index (κ1) is 20.9. The quantitative estimate of drug-likeness (QED) is 0.297. The average molecular weight is 453 g/mol. The number of nitrogens with one attached hydrogen (secondary N) is 1. The fourth-order valence-corrected chi connectivity index (χ4v) is 5.76. The Kier molecular flexibility index (Phi) is 6.72. The van der Waals surface area contributed by atoms with Crippen LogP contribution < -0.4 is 11.1 Å². The Morgan fingerprint density at radius 1 is 1.00 bits per heavy atom. The molecule has 2 heterocycles. The number of nitrogens with two attached hydrogens (primary N) is 1. The van der Waals surface area contributed by atoms with Crippen LogP contribution in [0.15, 0.2) is 60.0 Å². The van der Waals surface area contributed by atoms with E-state index in [2.05, 4.69) is 78.1 Å². The second-order valence-electron chi connectivity index (χ2n) is 7.26. The van der Waals surface area contributed by atoms with Gasteiger partial charge in [-0.15, -0.1) is 11.3 Å². The number of nitrogen functional groups attached to an aromatic ring is 1. The van der Waals surface area contributed by atoms with Crippen LogP contribution in [-0.2, 0) is 11.5 Å². The van der Waals surface area contributed by atoms with E-state index in [1.807, 2.05) is 17.8 Å². The molecule has 0 aliphatic rings. The van der Waals surface area contributed by atoms with Gasteiger partial charge in [0.2, 0.25) is 0 Å². The van der Waals surface area contributed by atoms with Crippen LogP contribution in [0.4, 0.5) is 16.6 Å². The second kappa shape index (κ2) is 9.64. The summed E-state index contributed by atoms with van der Waals surface area (Å²) in [6, 6.07) is 19.0. The first-order valence-corrected chi connectivity index (χ1v) is 12.6. The molecule has 4 aromatic rings. The van der Waals surface area contributed by atoms with Gasteiger partial charge in [0.1, 0.15) is 15.7 Å². The van der Waals surface area contributed by atoms with E-state index in [0.29, 0.717) is 11.7 Å². The molecule has 0 aliphatic carbocycles. The van der Waals surface area contributed by atoms with Gasteiger partial charge < -0.3 is 11.1 Å². The minimum Gasteiger partial charge on any atom is -0.382 e. The Morgan fingerprint density at radius 3 is 2.50 bits per heavy atom. The summed E-state index contributed by atoms with van der Waals surface area (Å²) in [7, 11) is 0. The SMILES string of the molecule is CC(C)c1ccc(Nc2nc(N)c(-c3nc(CSCc4ccccc4)cs3)s2)cc1. The minimum absolute atomic E-state index is 0.520. The highest BCUT2D eigenvalue weighted by molar-refractivity contribution is 7.97. The van der Waals surface area contributed by atoms with Crippen molar-refractivity contribution in [2.24, 2.45) is 0 Å². The van der Waals surface area contributed by atoms with Gasteiger partial charge in [0.15, 0.2) is 5.13 Å². The Hall–Kier alpha value is -2.35. The third-order valence-electron chi connectivity index (χ3n) is 4.59. The van der Waals surface area contributed by atoms with Gasteiger partial charge in [-0.1, -0.05) is 67.6 Å². The summed E-state index contributed by atoms with van der Waals surface area (Å²) in [4.78, 5) is 10.2. The van der Waals surface area contributed by atoms with Crippen LogP contribution in [0.25, 0.3) is 9.88 Å². The predicted octanol–water partition coefficient (Wildman–Crippen LogP) is 7.15. The van der Waals surface area contributed by atoms with Crippen molar-refractivity contribution in [3.8, 4) is 9.88 Å². The molecule has 0 saturated heterocycles. The molecule has 0 aliphatic heterocycles. The molecular formula is C23H24N4S3. The van der Waals surface area contributed by atoms with Crippen molar-refractivity contribution >= 4 is 51.1 Å². The lowest BCUT2D eigenvalue weighted by Crippen LogP contribution is -1.92. The summed E-state index contributed by atoms with van der Waals surface area (Å²) in [5.74, 6) is 2.92. The normalized spacial score (nSPS) is 11.2. The van der Waals surface area contributed by atoms with Crippen LogP contribution in [0, 0.1) is 0 Å². The summed E-state index contributed by atoms with van der Waals surface area (Å²) < 4.78 is 0. The Labute approximate surface area is 189 Å². The number of hydrogen-bond donors (Lipinski definition) is 2. The summed E-state index contributed by atoms with van der Waals surface area (Å²) in [5, 5.41) is 7.20. The second-order valence-corrected chi connectivity index (χ2v) is 10.1. The van der Waals surface area contributed by atoms with E-state index in [-0.39, 0.29) is 0 Å². The molecule has 0 bridgehead atoms. The standard InChI is InChI=1S/C23H24N4S3/c1-15(2)17-8-10-18(11-9-17)26-23-27-21(24)20(30-23)22-25-19(14-29-22)13-28-12-16-6-4-3-5-7-16/h3-11,14-15H,12-13,24H2,1-2H3,(H,26,27). The van der Waals surface area contributed by atoms with Crippen molar-refractivity contribution in [2.75, 3.05) is 11.1 Å². The number of thiazole rings is 2. The van der Waals surface area contributed by atoms with Crippen molar-refractivity contribution in [3.05, 3.63) is 76.8 Å². The van der Waals surface area contributed by atoms with Crippen LogP contribution in [0.3, 0.4) is 0 Å². The van der Waals surface area contributed by atoms with Gasteiger partial charge in [0, 0.05) is 22.6 Å². The first-order chi connectivity index (χ1) is 14.6. The van der Waals surface area contributed by atoms with E-state index >= 15 is 0 Å². The number of nitrogens with zero attached hydrogens (tertiary/aromatic N) is 2. The molecule has 0 fully saturated rings. The monoisotopic (exact) mass is 452 g/mol. The van der Waals surface area contributed by atoms with Gasteiger partial charge in [-0.3, -0.25) is 0 Å². The van der Waals surface area contributed by atoms with Crippen molar-refractivity contribution in [1.82, 2.24) is 9.97 Å². The van der Waals surface area contributed by atoms with Crippen molar-refractivity contribution < 1.29 is 0 Å². The van der Waals surface area contributed by atoms with Crippen molar-refractivity contribution in [2.45, 2.75) is 31.3 Å². The fourth-order valence-electron chi connectivity index (χ4n) is 2.94. The van der Waals surface area contributed by atoms with Crippen LogP contribution >= 0.6 is 34.4 Å². The molecule has 0 amide bonds. The highest BCUT2D eigenvalue weighted by Crippen LogP contribution is 2.38. The molecule has 4 nitrogen and oxygen atoms in total. The van der Waals surface area contributed by atoms with Gasteiger partial charge in [-0.05, 0) is 29.2 Å². The number of anilines is 3. The number of benzene rings is 2. The average Bonchev–Trinajstić information content (AvgIpc) is 3.35. The lowest BCUT2D eigenvalue weighted by atomic mass is 10.0. The maximum atomic E-state index is 6.20. The molecule has 30 heavy (non-hydrogen) atoms. The summed E-state index contributed by atoms with van der Waals surface area (Å²) in [6.45, 7) is 4.39. The zero-order valence-corrected chi connectivity index (χ0v) is 19.4. The lowest BCUT2D eigenvalue weighted by molar-refractivity contribution is 0.867. The van der Waals surface area contributed by atoms with E-state index in [9.17, 15) is 0 Å². The molecule has 2 aromatic heterocycles. The fraction of sp³-hybridized carbons (Fsp3) is 0.217. The van der Waals surface area contributed by atoms with Gasteiger partial charge in [-0.2, -0.15) is 11.8 Å². The topological polar surface area (TPSA) is 63.8 Å².